The Morgan fingerprint density at radius 3 is 2.82 bits per heavy atom. The van der Waals surface area contributed by atoms with Crippen LogP contribution >= 0.6 is 0 Å². The molecular formula is C16H23N3O3. The van der Waals surface area contributed by atoms with E-state index >= 15 is 0 Å². The van der Waals surface area contributed by atoms with Crippen LogP contribution in [0.25, 0.3) is 0 Å². The molecule has 0 saturated carbocycles. The van der Waals surface area contributed by atoms with Crippen LogP contribution in [-0.2, 0) is 4.79 Å². The lowest BCUT2D eigenvalue weighted by molar-refractivity contribution is -0.123. The van der Waals surface area contributed by atoms with Gasteiger partial charge in [0.15, 0.2) is 0 Å². The highest BCUT2D eigenvalue weighted by Gasteiger charge is 2.19. The van der Waals surface area contributed by atoms with Crippen molar-refractivity contribution in [3.05, 3.63) is 29.8 Å². The summed E-state index contributed by atoms with van der Waals surface area (Å²) in [6.07, 6.45) is 3.08. The number of ether oxygens (including phenoxy) is 1. The van der Waals surface area contributed by atoms with Crippen LogP contribution in [0.5, 0.6) is 5.75 Å². The highest BCUT2D eigenvalue weighted by atomic mass is 16.5. The first-order chi connectivity index (χ1) is 10.7. The Morgan fingerprint density at radius 1 is 1.27 bits per heavy atom. The minimum atomic E-state index is -0.177. The van der Waals surface area contributed by atoms with Gasteiger partial charge in [0.05, 0.1) is 13.2 Å². The molecule has 1 aromatic carbocycles. The first-order valence-corrected chi connectivity index (χ1v) is 7.64. The van der Waals surface area contributed by atoms with Crippen molar-refractivity contribution in [3.63, 3.8) is 0 Å². The van der Waals surface area contributed by atoms with Crippen LogP contribution in [0, 0.1) is 0 Å². The fraction of sp³-hybridized carbons (Fsp3) is 0.500. The number of piperidine rings is 1. The van der Waals surface area contributed by atoms with Crippen LogP contribution in [0.4, 0.5) is 0 Å². The van der Waals surface area contributed by atoms with Gasteiger partial charge in [0.1, 0.15) is 5.75 Å². The molecule has 2 rings (SSSR count). The highest BCUT2D eigenvalue weighted by Crippen LogP contribution is 2.12. The van der Waals surface area contributed by atoms with Crippen molar-refractivity contribution >= 4 is 11.8 Å². The third-order valence-electron chi connectivity index (χ3n) is 3.67. The van der Waals surface area contributed by atoms with Crippen LogP contribution in [0.1, 0.15) is 29.6 Å². The van der Waals surface area contributed by atoms with Gasteiger partial charge in [0.25, 0.3) is 5.91 Å². The fourth-order valence-electron chi connectivity index (χ4n) is 2.43. The van der Waals surface area contributed by atoms with Crippen molar-refractivity contribution in [2.45, 2.75) is 25.3 Å². The van der Waals surface area contributed by atoms with Gasteiger partial charge in [-0.2, -0.15) is 0 Å². The quantitative estimate of drug-likeness (QED) is 0.675. The van der Waals surface area contributed by atoms with Crippen LogP contribution < -0.4 is 20.7 Å². The molecule has 0 spiro atoms. The predicted octanol–water partition coefficient (Wildman–Crippen LogP) is 0.683. The SMILES string of the molecule is COc1cccc(C(=O)NCCNC(=O)C2CCCCN2)c1. The van der Waals surface area contributed by atoms with Crippen LogP contribution in [-0.4, -0.2) is 44.6 Å². The Morgan fingerprint density at radius 2 is 2.09 bits per heavy atom. The minimum absolute atomic E-state index is 0.00956. The molecule has 1 aliphatic heterocycles. The van der Waals surface area contributed by atoms with E-state index in [1.807, 2.05) is 0 Å². The Hall–Kier alpha value is -2.08. The van der Waals surface area contributed by atoms with Gasteiger partial charge >= 0.3 is 0 Å². The summed E-state index contributed by atoms with van der Waals surface area (Å²) >= 11 is 0. The molecular weight excluding hydrogens is 282 g/mol. The lowest BCUT2D eigenvalue weighted by atomic mass is 10.0. The van der Waals surface area contributed by atoms with Crippen molar-refractivity contribution in [1.29, 1.82) is 0 Å². The van der Waals surface area contributed by atoms with Crippen LogP contribution in [0.2, 0.25) is 0 Å². The molecule has 1 aromatic rings. The third kappa shape index (κ3) is 4.73. The molecule has 0 aliphatic carbocycles. The van der Waals surface area contributed by atoms with E-state index in [1.165, 1.54) is 0 Å². The molecule has 1 saturated heterocycles. The second-order valence-electron chi connectivity index (χ2n) is 5.28. The summed E-state index contributed by atoms with van der Waals surface area (Å²) in [5, 5.41) is 8.81. The Bertz CT molecular complexity index is 513. The van der Waals surface area contributed by atoms with Gasteiger partial charge in [-0.25, -0.2) is 0 Å². The normalized spacial score (nSPS) is 17.6. The van der Waals surface area contributed by atoms with E-state index in [2.05, 4.69) is 16.0 Å². The Balaban J connectivity index is 1.69. The van der Waals surface area contributed by atoms with E-state index in [4.69, 9.17) is 4.74 Å². The van der Waals surface area contributed by atoms with Gasteiger partial charge in [0.2, 0.25) is 5.91 Å². The number of carbonyl (C=O) groups is 2. The number of benzene rings is 1. The number of hydrogen-bond acceptors (Lipinski definition) is 4. The standard InChI is InChI=1S/C16H23N3O3/c1-22-13-6-4-5-12(11-13)15(20)18-9-10-19-16(21)14-7-2-3-8-17-14/h4-6,11,14,17H,2-3,7-10H2,1H3,(H,18,20)(H,19,21). The van der Waals surface area contributed by atoms with Crippen molar-refractivity contribution in [2.24, 2.45) is 0 Å². The Kier molecular flexibility index (Phi) is 6.21. The summed E-state index contributed by atoms with van der Waals surface area (Å²) in [6.45, 7) is 1.71. The molecule has 1 aliphatic rings. The van der Waals surface area contributed by atoms with E-state index in [9.17, 15) is 9.59 Å². The fourth-order valence-corrected chi connectivity index (χ4v) is 2.43. The highest BCUT2D eigenvalue weighted by molar-refractivity contribution is 5.94. The molecule has 1 fully saturated rings. The summed E-state index contributed by atoms with van der Waals surface area (Å²) < 4.78 is 5.09. The number of hydrogen-bond donors (Lipinski definition) is 3. The zero-order chi connectivity index (χ0) is 15.8. The average molecular weight is 305 g/mol. The zero-order valence-electron chi connectivity index (χ0n) is 12.9. The summed E-state index contributed by atoms with van der Waals surface area (Å²) in [6, 6.07) is 6.86. The van der Waals surface area contributed by atoms with Crippen molar-refractivity contribution in [3.8, 4) is 5.75 Å². The predicted molar refractivity (Wildman–Crippen MR) is 84.0 cm³/mol. The first-order valence-electron chi connectivity index (χ1n) is 7.64. The second kappa shape index (κ2) is 8.38. The van der Waals surface area contributed by atoms with Gasteiger partial charge in [0, 0.05) is 18.7 Å². The zero-order valence-corrected chi connectivity index (χ0v) is 12.9. The van der Waals surface area contributed by atoms with Gasteiger partial charge in [-0.05, 0) is 37.6 Å². The third-order valence-corrected chi connectivity index (χ3v) is 3.67. The molecule has 6 nitrogen and oxygen atoms in total. The minimum Gasteiger partial charge on any atom is -0.497 e. The van der Waals surface area contributed by atoms with E-state index < -0.39 is 0 Å². The number of nitrogens with one attached hydrogen (secondary N) is 3. The molecule has 0 radical (unpaired) electrons. The molecule has 0 bridgehead atoms. The van der Waals surface area contributed by atoms with E-state index in [0.29, 0.717) is 24.4 Å². The van der Waals surface area contributed by atoms with Gasteiger partial charge in [-0.1, -0.05) is 12.5 Å². The van der Waals surface area contributed by atoms with Crippen LogP contribution in [0.3, 0.4) is 0 Å². The molecule has 3 N–H and O–H groups in total. The van der Waals surface area contributed by atoms with E-state index in [1.54, 1.807) is 31.4 Å². The lowest BCUT2D eigenvalue weighted by Crippen LogP contribution is -2.48. The maximum atomic E-state index is 12.0. The number of carbonyl (C=O) groups excluding carboxylic acids is 2. The van der Waals surface area contributed by atoms with Gasteiger partial charge in [-0.3, -0.25) is 9.59 Å². The summed E-state index contributed by atoms with van der Waals surface area (Å²) in [5.41, 5.74) is 0.541. The average Bonchev–Trinajstić information content (AvgIpc) is 2.59. The molecule has 2 amide bonds. The molecule has 1 heterocycles. The van der Waals surface area contributed by atoms with Gasteiger partial charge in [-0.15, -0.1) is 0 Å². The molecule has 1 atom stereocenters. The Labute approximate surface area is 130 Å². The van der Waals surface area contributed by atoms with Crippen molar-refractivity contribution in [1.82, 2.24) is 16.0 Å². The summed E-state index contributed by atoms with van der Waals surface area (Å²) in [5.74, 6) is 0.476. The number of methoxy groups -OCH3 is 1. The first kappa shape index (κ1) is 16.3. The molecule has 22 heavy (non-hydrogen) atoms. The van der Waals surface area contributed by atoms with Crippen LogP contribution in [0.15, 0.2) is 24.3 Å². The lowest BCUT2D eigenvalue weighted by Gasteiger charge is -2.22. The maximum absolute atomic E-state index is 12.0. The van der Waals surface area contributed by atoms with E-state index in [0.717, 1.165) is 25.8 Å². The van der Waals surface area contributed by atoms with Crippen molar-refractivity contribution < 1.29 is 14.3 Å². The molecule has 0 aromatic heterocycles. The maximum Gasteiger partial charge on any atom is 0.251 e. The summed E-state index contributed by atoms with van der Waals surface area (Å²) in [7, 11) is 1.56. The largest absolute Gasteiger partial charge is 0.497 e. The number of amides is 2. The van der Waals surface area contributed by atoms with Crippen molar-refractivity contribution in [2.75, 3.05) is 26.7 Å². The van der Waals surface area contributed by atoms with E-state index in [-0.39, 0.29) is 17.9 Å². The monoisotopic (exact) mass is 305 g/mol. The van der Waals surface area contributed by atoms with Gasteiger partial charge < -0.3 is 20.7 Å². The second-order valence-corrected chi connectivity index (χ2v) is 5.28. The topological polar surface area (TPSA) is 79.5 Å². The molecule has 6 heteroatoms. The summed E-state index contributed by atoms with van der Waals surface area (Å²) in [4.78, 5) is 23.9. The number of rotatable bonds is 6. The smallest absolute Gasteiger partial charge is 0.251 e. The molecule has 120 valence electrons. The molecule has 1 unspecified atom stereocenters.